The van der Waals surface area contributed by atoms with Crippen molar-refractivity contribution < 1.29 is 14.4 Å². The number of carbonyl (C=O) groups excluding carboxylic acids is 3. The number of benzene rings is 1. The van der Waals surface area contributed by atoms with Gasteiger partial charge in [-0.05, 0) is 23.8 Å². The van der Waals surface area contributed by atoms with Gasteiger partial charge < -0.3 is 11.1 Å². The molecule has 3 N–H and O–H groups in total. The highest BCUT2D eigenvalue weighted by Crippen LogP contribution is 2.09. The molecule has 0 radical (unpaired) electrons. The van der Waals surface area contributed by atoms with Crippen LogP contribution in [0.5, 0.6) is 0 Å². The molecular formula is C18H16N6O3. The van der Waals surface area contributed by atoms with Crippen LogP contribution >= 0.6 is 0 Å². The summed E-state index contributed by atoms with van der Waals surface area (Å²) in [5.41, 5.74) is 6.05. The topological polar surface area (TPSA) is 133 Å². The SMILES string of the molecule is NC(=O)C(=O)C(Cc1ccccc1)NC(=O)c1ccnn1-c1cccnn1. The first-order chi connectivity index (χ1) is 13.1. The standard InChI is InChI=1S/C18H16N6O3/c19-17(26)16(25)13(11-12-5-2-1-3-6-12)22-18(27)14-8-10-21-24(14)15-7-4-9-20-23-15/h1-10,13H,11H2,(H2,19,26)(H,22,27). The summed E-state index contributed by atoms with van der Waals surface area (Å²) in [6, 6.07) is 12.7. The molecule has 136 valence electrons. The fourth-order valence-corrected chi connectivity index (χ4v) is 2.53. The third-order valence-corrected chi connectivity index (χ3v) is 3.80. The van der Waals surface area contributed by atoms with Crippen molar-refractivity contribution in [2.75, 3.05) is 0 Å². The number of primary amides is 1. The molecule has 0 saturated carbocycles. The largest absolute Gasteiger partial charge is 0.363 e. The summed E-state index contributed by atoms with van der Waals surface area (Å²) in [4.78, 5) is 36.2. The summed E-state index contributed by atoms with van der Waals surface area (Å²) in [5, 5.41) is 14.3. The van der Waals surface area contributed by atoms with E-state index in [2.05, 4.69) is 20.6 Å². The number of ketones is 1. The van der Waals surface area contributed by atoms with Gasteiger partial charge in [0.2, 0.25) is 5.78 Å². The molecule has 3 aromatic rings. The molecule has 0 aliphatic carbocycles. The number of nitrogens with one attached hydrogen (secondary N) is 1. The van der Waals surface area contributed by atoms with E-state index in [0.29, 0.717) is 5.82 Å². The van der Waals surface area contributed by atoms with Gasteiger partial charge in [-0.15, -0.1) is 5.10 Å². The second kappa shape index (κ2) is 8.00. The van der Waals surface area contributed by atoms with Gasteiger partial charge in [-0.2, -0.15) is 10.2 Å². The maximum absolute atomic E-state index is 12.7. The van der Waals surface area contributed by atoms with Gasteiger partial charge >= 0.3 is 0 Å². The molecule has 2 heterocycles. The predicted octanol–water partition coefficient (Wildman–Crippen LogP) is 0.0578. The van der Waals surface area contributed by atoms with Crippen LogP contribution in [-0.4, -0.2) is 43.6 Å². The number of hydrogen-bond acceptors (Lipinski definition) is 6. The molecule has 0 bridgehead atoms. The molecule has 3 rings (SSSR count). The van der Waals surface area contributed by atoms with Crippen LogP contribution in [0.25, 0.3) is 5.82 Å². The van der Waals surface area contributed by atoms with Crippen molar-refractivity contribution in [2.45, 2.75) is 12.5 Å². The highest BCUT2D eigenvalue weighted by Gasteiger charge is 2.27. The van der Waals surface area contributed by atoms with Gasteiger partial charge in [0.25, 0.3) is 11.8 Å². The molecule has 0 spiro atoms. The van der Waals surface area contributed by atoms with E-state index in [1.807, 2.05) is 6.07 Å². The second-order valence-electron chi connectivity index (χ2n) is 5.65. The molecule has 1 atom stereocenters. The molecule has 0 aliphatic heterocycles. The highest BCUT2D eigenvalue weighted by atomic mass is 16.2. The zero-order chi connectivity index (χ0) is 19.2. The fraction of sp³-hybridized carbons (Fsp3) is 0.111. The molecule has 2 amide bonds. The Morgan fingerprint density at radius 3 is 2.48 bits per heavy atom. The van der Waals surface area contributed by atoms with Crippen LogP contribution in [-0.2, 0) is 16.0 Å². The zero-order valence-electron chi connectivity index (χ0n) is 14.1. The summed E-state index contributed by atoms with van der Waals surface area (Å²) in [7, 11) is 0. The number of hydrogen-bond donors (Lipinski definition) is 2. The first kappa shape index (κ1) is 17.9. The van der Waals surface area contributed by atoms with E-state index in [0.717, 1.165) is 5.56 Å². The number of nitrogens with two attached hydrogens (primary N) is 1. The van der Waals surface area contributed by atoms with E-state index in [1.165, 1.54) is 23.1 Å². The van der Waals surface area contributed by atoms with Crippen molar-refractivity contribution in [1.82, 2.24) is 25.3 Å². The zero-order valence-corrected chi connectivity index (χ0v) is 14.1. The molecule has 9 nitrogen and oxygen atoms in total. The highest BCUT2D eigenvalue weighted by molar-refractivity contribution is 6.38. The van der Waals surface area contributed by atoms with Gasteiger partial charge in [-0.1, -0.05) is 30.3 Å². The second-order valence-corrected chi connectivity index (χ2v) is 5.65. The summed E-state index contributed by atoms with van der Waals surface area (Å²) in [6.07, 6.45) is 3.05. The number of carbonyl (C=O) groups is 3. The molecule has 0 fully saturated rings. The van der Waals surface area contributed by atoms with Crippen molar-refractivity contribution in [1.29, 1.82) is 0 Å². The van der Waals surface area contributed by atoms with Crippen molar-refractivity contribution in [3.63, 3.8) is 0 Å². The van der Waals surface area contributed by atoms with E-state index in [9.17, 15) is 14.4 Å². The van der Waals surface area contributed by atoms with Crippen LogP contribution < -0.4 is 11.1 Å². The minimum atomic E-state index is -1.11. The van der Waals surface area contributed by atoms with Crippen molar-refractivity contribution in [2.24, 2.45) is 5.73 Å². The van der Waals surface area contributed by atoms with E-state index in [1.54, 1.807) is 36.4 Å². The number of rotatable bonds is 7. The molecule has 1 unspecified atom stereocenters. The van der Waals surface area contributed by atoms with E-state index in [-0.39, 0.29) is 12.1 Å². The summed E-state index contributed by atoms with van der Waals surface area (Å²) < 4.78 is 1.29. The quantitative estimate of drug-likeness (QED) is 0.570. The molecule has 1 aromatic carbocycles. The maximum Gasteiger partial charge on any atom is 0.287 e. The molecule has 27 heavy (non-hydrogen) atoms. The summed E-state index contributed by atoms with van der Waals surface area (Å²) in [6.45, 7) is 0. The number of amides is 2. The van der Waals surface area contributed by atoms with Crippen LogP contribution in [0.4, 0.5) is 0 Å². The lowest BCUT2D eigenvalue weighted by molar-refractivity contribution is -0.137. The molecule has 9 heteroatoms. The minimum Gasteiger partial charge on any atom is -0.363 e. The van der Waals surface area contributed by atoms with Gasteiger partial charge in [0.1, 0.15) is 11.7 Å². The van der Waals surface area contributed by atoms with Crippen molar-refractivity contribution in [3.05, 3.63) is 72.2 Å². The summed E-state index contributed by atoms with van der Waals surface area (Å²) >= 11 is 0. The van der Waals surface area contributed by atoms with Crippen molar-refractivity contribution in [3.8, 4) is 5.82 Å². The molecule has 0 aliphatic rings. The van der Waals surface area contributed by atoms with E-state index >= 15 is 0 Å². The Kier molecular flexibility index (Phi) is 5.31. The Morgan fingerprint density at radius 1 is 1.04 bits per heavy atom. The average molecular weight is 364 g/mol. The number of aromatic nitrogens is 4. The first-order valence-electron chi connectivity index (χ1n) is 8.07. The monoisotopic (exact) mass is 364 g/mol. The summed E-state index contributed by atoms with van der Waals surface area (Å²) in [5.74, 6) is -2.24. The third kappa shape index (κ3) is 4.21. The van der Waals surface area contributed by atoms with E-state index in [4.69, 9.17) is 5.73 Å². The lowest BCUT2D eigenvalue weighted by Gasteiger charge is -2.16. The van der Waals surface area contributed by atoms with Gasteiger partial charge in [-0.25, -0.2) is 4.68 Å². The maximum atomic E-state index is 12.7. The van der Waals surface area contributed by atoms with Crippen LogP contribution in [0, 0.1) is 0 Å². The third-order valence-electron chi connectivity index (χ3n) is 3.80. The first-order valence-corrected chi connectivity index (χ1v) is 8.07. The van der Waals surface area contributed by atoms with Gasteiger partial charge in [-0.3, -0.25) is 14.4 Å². The van der Waals surface area contributed by atoms with Gasteiger partial charge in [0.15, 0.2) is 5.82 Å². The molecule has 0 saturated heterocycles. The minimum absolute atomic E-state index is 0.133. The van der Waals surface area contributed by atoms with Gasteiger partial charge in [0.05, 0.1) is 6.20 Å². The Labute approximate surface area is 154 Å². The molecule has 2 aromatic heterocycles. The number of nitrogens with zero attached hydrogens (tertiary/aromatic N) is 4. The van der Waals surface area contributed by atoms with Crippen LogP contribution in [0.2, 0.25) is 0 Å². The Bertz CT molecular complexity index is 955. The number of Topliss-reactive ketones (excluding diaryl/α,β-unsaturated/α-hetero) is 1. The van der Waals surface area contributed by atoms with E-state index < -0.39 is 23.6 Å². The normalized spacial score (nSPS) is 11.6. The van der Waals surface area contributed by atoms with Gasteiger partial charge in [0, 0.05) is 12.6 Å². The van der Waals surface area contributed by atoms with Crippen molar-refractivity contribution >= 4 is 17.6 Å². The van der Waals surface area contributed by atoms with Crippen LogP contribution in [0.1, 0.15) is 16.1 Å². The Hall–Kier alpha value is -3.88. The van der Waals surface area contributed by atoms with Crippen LogP contribution in [0.3, 0.4) is 0 Å². The Morgan fingerprint density at radius 2 is 1.81 bits per heavy atom. The smallest absolute Gasteiger partial charge is 0.287 e. The van der Waals surface area contributed by atoms with Crippen LogP contribution in [0.15, 0.2) is 60.9 Å². The lowest BCUT2D eigenvalue weighted by atomic mass is 10.0. The fourth-order valence-electron chi connectivity index (χ4n) is 2.53. The lowest BCUT2D eigenvalue weighted by Crippen LogP contribution is -2.47. The Balaban J connectivity index is 1.84. The predicted molar refractivity (Wildman–Crippen MR) is 94.8 cm³/mol. The average Bonchev–Trinajstić information content (AvgIpc) is 3.18. The molecular weight excluding hydrogens is 348 g/mol.